The second-order valence-electron chi connectivity index (χ2n) is 4.25. The lowest BCUT2D eigenvalue weighted by Crippen LogP contribution is -2.36. The Labute approximate surface area is 127 Å². The fourth-order valence-electron chi connectivity index (χ4n) is 1.62. The van der Waals surface area contributed by atoms with E-state index < -0.39 is 6.10 Å². The predicted molar refractivity (Wildman–Crippen MR) is 79.2 cm³/mol. The number of halogens is 2. The number of aromatic amines is 1. The highest BCUT2D eigenvalue weighted by molar-refractivity contribution is 6.35. The maximum atomic E-state index is 11.9. The van der Waals surface area contributed by atoms with Gasteiger partial charge in [0, 0.05) is 16.9 Å². The first kappa shape index (κ1) is 14.8. The lowest BCUT2D eigenvalue weighted by Gasteiger charge is -2.15. The largest absolute Gasteiger partial charge is 0.479 e. The number of H-pyrrole nitrogens is 1. The Balaban J connectivity index is 1.90. The number of aromatic nitrogens is 1. The Morgan fingerprint density at radius 3 is 2.85 bits per heavy atom. The molecule has 0 saturated heterocycles. The summed E-state index contributed by atoms with van der Waals surface area (Å²) in [4.78, 5) is 14.9. The van der Waals surface area contributed by atoms with Crippen molar-refractivity contribution in [2.75, 3.05) is 0 Å². The average Bonchev–Trinajstić information content (AvgIpc) is 2.92. The molecule has 0 spiro atoms. The molecule has 0 bridgehead atoms. The number of rotatable bonds is 5. The van der Waals surface area contributed by atoms with Crippen LogP contribution in [0.25, 0.3) is 0 Å². The summed E-state index contributed by atoms with van der Waals surface area (Å²) < 4.78 is 5.52. The normalized spacial score (nSPS) is 11.9. The highest BCUT2D eigenvalue weighted by Gasteiger charge is 2.16. The first-order chi connectivity index (χ1) is 9.56. The SMILES string of the molecule is CC(Oc1ccc(Cl)cc1Cl)C(=O)NCc1ccc[nH]1. The number of nitrogens with one attached hydrogen (secondary N) is 2. The number of amides is 1. The second kappa shape index (κ2) is 6.68. The Morgan fingerprint density at radius 1 is 1.40 bits per heavy atom. The van der Waals surface area contributed by atoms with Gasteiger partial charge in [-0.15, -0.1) is 0 Å². The molecule has 0 aliphatic carbocycles. The van der Waals surface area contributed by atoms with E-state index in [-0.39, 0.29) is 5.91 Å². The Bertz CT molecular complexity index is 585. The van der Waals surface area contributed by atoms with E-state index in [1.807, 2.05) is 12.1 Å². The first-order valence-corrected chi connectivity index (χ1v) is 6.83. The number of carbonyl (C=O) groups excluding carboxylic acids is 1. The van der Waals surface area contributed by atoms with E-state index in [9.17, 15) is 4.79 Å². The van der Waals surface area contributed by atoms with E-state index in [2.05, 4.69) is 10.3 Å². The molecule has 6 heteroatoms. The molecule has 1 aromatic carbocycles. The molecule has 1 amide bonds. The van der Waals surface area contributed by atoms with Gasteiger partial charge in [0.15, 0.2) is 6.10 Å². The van der Waals surface area contributed by atoms with Gasteiger partial charge in [-0.3, -0.25) is 4.79 Å². The van der Waals surface area contributed by atoms with Crippen LogP contribution in [0.1, 0.15) is 12.6 Å². The molecule has 2 N–H and O–H groups in total. The fourth-order valence-corrected chi connectivity index (χ4v) is 2.07. The van der Waals surface area contributed by atoms with Crippen molar-refractivity contribution in [1.29, 1.82) is 0 Å². The van der Waals surface area contributed by atoms with Crippen molar-refractivity contribution in [3.63, 3.8) is 0 Å². The summed E-state index contributed by atoms with van der Waals surface area (Å²) in [6, 6.07) is 8.63. The standard InChI is InChI=1S/C14H14Cl2N2O2/c1-9(14(19)18-8-11-3-2-6-17-11)20-13-5-4-10(15)7-12(13)16/h2-7,9,17H,8H2,1H3,(H,18,19). The van der Waals surface area contributed by atoms with Gasteiger partial charge in [0.1, 0.15) is 5.75 Å². The molecule has 0 radical (unpaired) electrons. The summed E-state index contributed by atoms with van der Waals surface area (Å²) in [7, 11) is 0. The summed E-state index contributed by atoms with van der Waals surface area (Å²) in [6.07, 6.45) is 1.15. The van der Waals surface area contributed by atoms with Crippen LogP contribution in [0, 0.1) is 0 Å². The van der Waals surface area contributed by atoms with Crippen LogP contribution in [0.5, 0.6) is 5.75 Å². The van der Waals surface area contributed by atoms with Crippen LogP contribution < -0.4 is 10.1 Å². The van der Waals surface area contributed by atoms with E-state index in [0.717, 1.165) is 5.69 Å². The van der Waals surface area contributed by atoms with Gasteiger partial charge < -0.3 is 15.0 Å². The van der Waals surface area contributed by atoms with Gasteiger partial charge >= 0.3 is 0 Å². The maximum Gasteiger partial charge on any atom is 0.261 e. The smallest absolute Gasteiger partial charge is 0.261 e. The number of benzene rings is 1. The van der Waals surface area contributed by atoms with Gasteiger partial charge in [-0.2, -0.15) is 0 Å². The highest BCUT2D eigenvalue weighted by Crippen LogP contribution is 2.28. The van der Waals surface area contributed by atoms with Crippen LogP contribution in [0.2, 0.25) is 10.0 Å². The van der Waals surface area contributed by atoms with E-state index in [1.165, 1.54) is 0 Å². The van der Waals surface area contributed by atoms with E-state index in [0.29, 0.717) is 22.3 Å². The third-order valence-electron chi connectivity index (χ3n) is 2.68. The van der Waals surface area contributed by atoms with Crippen molar-refractivity contribution in [2.45, 2.75) is 19.6 Å². The van der Waals surface area contributed by atoms with Crippen molar-refractivity contribution < 1.29 is 9.53 Å². The molecule has 1 aromatic heterocycles. The molecular weight excluding hydrogens is 299 g/mol. The molecular formula is C14H14Cl2N2O2. The molecule has 106 valence electrons. The van der Waals surface area contributed by atoms with Crippen LogP contribution in [0.3, 0.4) is 0 Å². The molecule has 0 aliphatic rings. The Hall–Kier alpha value is -1.65. The zero-order valence-corrected chi connectivity index (χ0v) is 12.3. The maximum absolute atomic E-state index is 11.9. The summed E-state index contributed by atoms with van der Waals surface area (Å²) in [5.74, 6) is 0.212. The molecule has 0 aliphatic heterocycles. The van der Waals surface area contributed by atoms with Crippen molar-refractivity contribution in [3.05, 3.63) is 52.3 Å². The van der Waals surface area contributed by atoms with E-state index in [4.69, 9.17) is 27.9 Å². The highest BCUT2D eigenvalue weighted by atomic mass is 35.5. The molecule has 1 atom stereocenters. The summed E-state index contributed by atoms with van der Waals surface area (Å²) in [5.41, 5.74) is 0.926. The molecule has 0 saturated carbocycles. The molecule has 2 rings (SSSR count). The number of carbonyl (C=O) groups is 1. The minimum atomic E-state index is -0.649. The van der Waals surface area contributed by atoms with Gasteiger partial charge in [0.05, 0.1) is 11.6 Å². The van der Waals surface area contributed by atoms with Crippen LogP contribution in [-0.4, -0.2) is 17.0 Å². The zero-order chi connectivity index (χ0) is 14.5. The third-order valence-corrected chi connectivity index (χ3v) is 3.21. The van der Waals surface area contributed by atoms with Crippen molar-refractivity contribution in [2.24, 2.45) is 0 Å². The molecule has 20 heavy (non-hydrogen) atoms. The third kappa shape index (κ3) is 3.92. The molecule has 1 heterocycles. The lowest BCUT2D eigenvalue weighted by atomic mass is 10.3. The summed E-state index contributed by atoms with van der Waals surface area (Å²) >= 11 is 11.8. The summed E-state index contributed by atoms with van der Waals surface area (Å²) in [6.45, 7) is 2.09. The Morgan fingerprint density at radius 2 is 2.20 bits per heavy atom. The monoisotopic (exact) mass is 312 g/mol. The van der Waals surface area contributed by atoms with Crippen LogP contribution in [-0.2, 0) is 11.3 Å². The van der Waals surface area contributed by atoms with Gasteiger partial charge in [0.2, 0.25) is 0 Å². The minimum absolute atomic E-state index is 0.217. The predicted octanol–water partition coefficient (Wildman–Crippen LogP) is 3.41. The fraction of sp³-hybridized carbons (Fsp3) is 0.214. The van der Waals surface area contributed by atoms with E-state index >= 15 is 0 Å². The number of hydrogen-bond acceptors (Lipinski definition) is 2. The van der Waals surface area contributed by atoms with Crippen LogP contribution in [0.4, 0.5) is 0 Å². The quantitative estimate of drug-likeness (QED) is 0.889. The Kier molecular flexibility index (Phi) is 4.93. The van der Waals surface area contributed by atoms with Gasteiger partial charge in [-0.25, -0.2) is 0 Å². The molecule has 4 nitrogen and oxygen atoms in total. The van der Waals surface area contributed by atoms with Crippen molar-refractivity contribution >= 4 is 29.1 Å². The number of ether oxygens (including phenoxy) is 1. The lowest BCUT2D eigenvalue weighted by molar-refractivity contribution is -0.127. The van der Waals surface area contributed by atoms with E-state index in [1.54, 1.807) is 31.3 Å². The zero-order valence-electron chi connectivity index (χ0n) is 10.8. The topological polar surface area (TPSA) is 54.1 Å². The average molecular weight is 313 g/mol. The van der Waals surface area contributed by atoms with Crippen LogP contribution >= 0.6 is 23.2 Å². The number of hydrogen-bond donors (Lipinski definition) is 2. The molecule has 0 fully saturated rings. The summed E-state index contributed by atoms with van der Waals surface area (Å²) in [5, 5.41) is 3.67. The first-order valence-electron chi connectivity index (χ1n) is 6.08. The van der Waals surface area contributed by atoms with Crippen molar-refractivity contribution in [3.8, 4) is 5.75 Å². The van der Waals surface area contributed by atoms with Crippen LogP contribution in [0.15, 0.2) is 36.5 Å². The van der Waals surface area contributed by atoms with Gasteiger partial charge in [-0.05, 0) is 37.3 Å². The molecule has 2 aromatic rings. The van der Waals surface area contributed by atoms with Gasteiger partial charge in [-0.1, -0.05) is 23.2 Å². The van der Waals surface area contributed by atoms with Gasteiger partial charge in [0.25, 0.3) is 5.91 Å². The second-order valence-corrected chi connectivity index (χ2v) is 5.09. The molecule has 1 unspecified atom stereocenters. The van der Waals surface area contributed by atoms with Crippen molar-refractivity contribution in [1.82, 2.24) is 10.3 Å². The minimum Gasteiger partial charge on any atom is -0.479 e.